The molecule has 13 nitrogen and oxygen atoms in total. The molecule has 9 N–H and O–H groups in total. The van der Waals surface area contributed by atoms with Crippen LogP contribution in [0.1, 0.15) is 6.92 Å². The van der Waals surface area contributed by atoms with E-state index < -0.39 is 80.2 Å². The molecule has 2 fully saturated rings. The zero-order chi connectivity index (χ0) is 20.5. The number of nitrogens with one attached hydrogen (secondary N) is 1. The molecule has 0 aromatic carbocycles. The van der Waals surface area contributed by atoms with Crippen LogP contribution in [-0.2, 0) is 19.0 Å². The lowest BCUT2D eigenvalue weighted by molar-refractivity contribution is -0.372. The third-order valence-electron chi connectivity index (χ3n) is 4.52. The number of carbonyl (C=O) groups is 1. The van der Waals surface area contributed by atoms with Crippen LogP contribution in [0.4, 0.5) is 0 Å². The number of carbonyl (C=O) groups excluding carboxylic acids is 1. The number of hydrogen-bond donors (Lipinski definition) is 9. The highest BCUT2D eigenvalue weighted by Gasteiger charge is 2.57. The fourth-order valence-corrected chi connectivity index (χ4v) is 3.07. The average Bonchev–Trinajstić information content (AvgIpc) is 2.61. The summed E-state index contributed by atoms with van der Waals surface area (Å²) in [7, 11) is 0. The maximum atomic E-state index is 11.3. The highest BCUT2D eigenvalue weighted by Crippen LogP contribution is 2.32. The predicted octanol–water partition coefficient (Wildman–Crippen LogP) is -5.93. The molecule has 0 unspecified atom stereocenters. The van der Waals surface area contributed by atoms with Crippen molar-refractivity contribution < 1.29 is 59.9 Å². The smallest absolute Gasteiger partial charge is 0.219 e. The van der Waals surface area contributed by atoms with Crippen molar-refractivity contribution in [2.75, 3.05) is 13.2 Å². The molecule has 2 heterocycles. The van der Waals surface area contributed by atoms with E-state index in [1.807, 2.05) is 5.32 Å². The minimum Gasteiger partial charge on any atom is -0.394 e. The van der Waals surface area contributed by atoms with Gasteiger partial charge in [0.25, 0.3) is 0 Å². The fourth-order valence-electron chi connectivity index (χ4n) is 3.07. The summed E-state index contributed by atoms with van der Waals surface area (Å²) in [6.45, 7) is -0.604. The molecular formula is C14H25NO12. The second-order valence-corrected chi connectivity index (χ2v) is 6.45. The van der Waals surface area contributed by atoms with Crippen molar-refractivity contribution in [2.24, 2.45) is 0 Å². The van der Waals surface area contributed by atoms with Crippen LogP contribution < -0.4 is 5.32 Å². The lowest BCUT2D eigenvalue weighted by Gasteiger charge is -2.49. The first-order chi connectivity index (χ1) is 12.6. The van der Waals surface area contributed by atoms with Gasteiger partial charge in [-0.05, 0) is 0 Å². The van der Waals surface area contributed by atoms with Gasteiger partial charge in [-0.15, -0.1) is 0 Å². The van der Waals surface area contributed by atoms with Gasteiger partial charge in [-0.2, -0.15) is 0 Å². The minimum atomic E-state index is -2.53. The maximum absolute atomic E-state index is 11.3. The Morgan fingerprint density at radius 3 is 2.19 bits per heavy atom. The quantitative estimate of drug-likeness (QED) is 0.197. The third-order valence-corrected chi connectivity index (χ3v) is 4.52. The van der Waals surface area contributed by atoms with Crippen LogP contribution in [0, 0.1) is 0 Å². The van der Waals surface area contributed by atoms with Gasteiger partial charge in [0.2, 0.25) is 5.91 Å². The molecule has 10 atom stereocenters. The predicted molar refractivity (Wildman–Crippen MR) is 81.4 cm³/mol. The van der Waals surface area contributed by atoms with Crippen LogP contribution >= 0.6 is 0 Å². The van der Waals surface area contributed by atoms with Gasteiger partial charge in [0.15, 0.2) is 18.3 Å². The molecule has 13 heteroatoms. The van der Waals surface area contributed by atoms with E-state index in [9.17, 15) is 45.6 Å². The van der Waals surface area contributed by atoms with E-state index in [0.29, 0.717) is 0 Å². The molecule has 2 saturated heterocycles. The van der Waals surface area contributed by atoms with E-state index >= 15 is 0 Å². The molecular weight excluding hydrogens is 374 g/mol. The monoisotopic (exact) mass is 399 g/mol. The van der Waals surface area contributed by atoms with Crippen LogP contribution in [0.5, 0.6) is 0 Å². The number of aliphatic hydroxyl groups is 8. The number of ether oxygens (including phenoxy) is 3. The first-order valence-electron chi connectivity index (χ1n) is 8.16. The first-order valence-corrected chi connectivity index (χ1v) is 8.16. The van der Waals surface area contributed by atoms with Crippen molar-refractivity contribution in [3.8, 4) is 0 Å². The van der Waals surface area contributed by atoms with Gasteiger partial charge in [0, 0.05) is 6.92 Å². The second-order valence-electron chi connectivity index (χ2n) is 6.45. The van der Waals surface area contributed by atoms with Gasteiger partial charge < -0.3 is 60.4 Å². The van der Waals surface area contributed by atoms with E-state index in [2.05, 4.69) is 0 Å². The second kappa shape index (κ2) is 8.59. The molecule has 1 amide bonds. The van der Waals surface area contributed by atoms with Crippen molar-refractivity contribution >= 4 is 5.91 Å². The molecule has 158 valence electrons. The number of hydrogen-bond acceptors (Lipinski definition) is 12. The number of amides is 1. The van der Waals surface area contributed by atoms with Gasteiger partial charge in [0.1, 0.15) is 42.7 Å². The summed E-state index contributed by atoms with van der Waals surface area (Å²) in [5, 5.41) is 80.8. The summed E-state index contributed by atoms with van der Waals surface area (Å²) in [5.74, 6) is -0.779. The van der Waals surface area contributed by atoms with Gasteiger partial charge in [-0.3, -0.25) is 4.79 Å². The Balaban J connectivity index is 2.20. The van der Waals surface area contributed by atoms with Crippen molar-refractivity contribution in [3.05, 3.63) is 0 Å². The van der Waals surface area contributed by atoms with E-state index in [1.54, 1.807) is 0 Å². The summed E-state index contributed by atoms with van der Waals surface area (Å²) in [5.41, 5.74) is -2.53. The first kappa shape index (κ1) is 22.3. The number of aliphatic hydroxyl groups excluding tert-OH is 7. The molecule has 0 spiro atoms. The Kier molecular flexibility index (Phi) is 7.10. The van der Waals surface area contributed by atoms with E-state index in [-0.39, 0.29) is 0 Å². The Labute approximate surface area is 153 Å². The molecule has 2 rings (SSSR count). The SMILES string of the molecule is CC(=O)N[C@]1(O)[C@@H](CO)O[C@H](O[C@H]2[C@H](O)[C@@H](O)[C@H](O)O[C@@H]2CO)[C@H](O)[C@@H]1O. The lowest BCUT2D eigenvalue weighted by atomic mass is 9.91. The van der Waals surface area contributed by atoms with E-state index in [4.69, 9.17) is 14.2 Å². The Bertz CT molecular complexity index is 516. The Morgan fingerprint density at radius 2 is 1.67 bits per heavy atom. The van der Waals surface area contributed by atoms with Gasteiger partial charge in [-0.25, -0.2) is 0 Å². The lowest BCUT2D eigenvalue weighted by Crippen LogP contribution is -2.74. The average molecular weight is 399 g/mol. The topological polar surface area (TPSA) is 219 Å². The molecule has 0 bridgehead atoms. The van der Waals surface area contributed by atoms with E-state index in [1.165, 1.54) is 0 Å². The largest absolute Gasteiger partial charge is 0.394 e. The molecule has 2 aliphatic heterocycles. The third kappa shape index (κ3) is 4.23. The van der Waals surface area contributed by atoms with Crippen LogP contribution in [0.3, 0.4) is 0 Å². The van der Waals surface area contributed by atoms with Crippen LogP contribution in [-0.4, -0.2) is 121 Å². The molecule has 27 heavy (non-hydrogen) atoms. The highest BCUT2D eigenvalue weighted by atomic mass is 16.7. The van der Waals surface area contributed by atoms with Crippen molar-refractivity contribution in [1.29, 1.82) is 0 Å². The standard InChI is InChI=1S/C14H25NO12/c1-4(18)15-14(24)6(3-17)26-13(9(21)11(14)22)27-10-5(2-16)25-12(23)8(20)7(10)19/h5-13,16-17,19-24H,2-3H2,1H3,(H,15,18)/t5-,6-,7-,8-,9-,10-,11+,12-,13-,14+/m1/s1. The molecule has 0 aromatic rings. The van der Waals surface area contributed by atoms with Crippen LogP contribution in [0.2, 0.25) is 0 Å². The summed E-state index contributed by atoms with van der Waals surface area (Å²) in [6.07, 6.45) is -15.6. The molecule has 0 aromatic heterocycles. The molecule has 0 saturated carbocycles. The minimum absolute atomic E-state index is 0.740. The van der Waals surface area contributed by atoms with Gasteiger partial charge in [-0.1, -0.05) is 0 Å². The van der Waals surface area contributed by atoms with Crippen molar-refractivity contribution in [3.63, 3.8) is 0 Å². The zero-order valence-corrected chi connectivity index (χ0v) is 14.3. The zero-order valence-electron chi connectivity index (χ0n) is 14.3. The van der Waals surface area contributed by atoms with Gasteiger partial charge in [0.05, 0.1) is 13.2 Å². The molecule has 2 aliphatic rings. The molecule has 0 aliphatic carbocycles. The van der Waals surface area contributed by atoms with Crippen molar-refractivity contribution in [1.82, 2.24) is 5.32 Å². The fraction of sp³-hybridized carbons (Fsp3) is 0.929. The summed E-state index contributed by atoms with van der Waals surface area (Å²) < 4.78 is 15.4. The number of rotatable bonds is 5. The van der Waals surface area contributed by atoms with Crippen molar-refractivity contribution in [2.45, 2.75) is 68.0 Å². The molecule has 0 radical (unpaired) electrons. The Hall–Kier alpha value is -0.970. The van der Waals surface area contributed by atoms with Gasteiger partial charge >= 0.3 is 0 Å². The maximum Gasteiger partial charge on any atom is 0.219 e. The van der Waals surface area contributed by atoms with Crippen LogP contribution in [0.15, 0.2) is 0 Å². The van der Waals surface area contributed by atoms with Crippen LogP contribution in [0.25, 0.3) is 0 Å². The summed E-state index contributed by atoms with van der Waals surface area (Å²) >= 11 is 0. The summed E-state index contributed by atoms with van der Waals surface area (Å²) in [6, 6.07) is 0. The summed E-state index contributed by atoms with van der Waals surface area (Å²) in [4.78, 5) is 11.3. The highest BCUT2D eigenvalue weighted by molar-refractivity contribution is 5.73. The normalized spacial score (nSPS) is 48.3. The Morgan fingerprint density at radius 1 is 1.04 bits per heavy atom. The van der Waals surface area contributed by atoms with E-state index in [0.717, 1.165) is 6.92 Å².